The van der Waals surface area contributed by atoms with Gasteiger partial charge in [-0.3, -0.25) is 9.80 Å². The van der Waals surface area contributed by atoms with E-state index in [1.54, 1.807) is 14.2 Å². The predicted octanol–water partition coefficient (Wildman–Crippen LogP) is 4.66. The fourth-order valence-electron chi connectivity index (χ4n) is 8.39. The summed E-state index contributed by atoms with van der Waals surface area (Å²) in [5.74, 6) is 1.94. The van der Waals surface area contributed by atoms with Crippen LogP contribution in [0.5, 0.6) is 34.5 Å². The lowest BCUT2D eigenvalue weighted by molar-refractivity contribution is -0.0793. The van der Waals surface area contributed by atoms with E-state index in [1.165, 1.54) is 14.2 Å². The standard InChI is InChI=1S/C35H38N4O6/c1-18-32(42-3)21-16-25-29-28-22(33(43-4)19(2)35(45-6)31(28)41)15-23(38(29)13-12-36)26(17-37)39(25)24(14-20-10-8-7-9-11-20)27(21)30(40)34(18)44-5/h7-11,23-26,29,40-41H,13-16H2,1-6H3/t23-,24-,25-,26-,29-/m0/s1. The molecule has 45 heavy (non-hydrogen) atoms. The van der Waals surface area contributed by atoms with E-state index in [9.17, 15) is 20.7 Å². The van der Waals surface area contributed by atoms with Crippen molar-refractivity contribution in [3.8, 4) is 46.6 Å². The molecule has 10 heteroatoms. The Bertz CT molecular complexity index is 1730. The Morgan fingerprint density at radius 3 is 1.84 bits per heavy atom. The second-order valence-corrected chi connectivity index (χ2v) is 11.9. The summed E-state index contributed by atoms with van der Waals surface area (Å²) < 4.78 is 23.3. The molecule has 0 amide bonds. The van der Waals surface area contributed by atoms with Crippen molar-refractivity contribution in [1.29, 1.82) is 10.5 Å². The average molecular weight is 611 g/mol. The number of aromatic hydroxyl groups is 2. The van der Waals surface area contributed by atoms with Gasteiger partial charge in [-0.25, -0.2) is 0 Å². The number of phenolic OH excluding ortho intramolecular Hbond substituents is 2. The van der Waals surface area contributed by atoms with Gasteiger partial charge in [0.05, 0.1) is 53.2 Å². The van der Waals surface area contributed by atoms with Gasteiger partial charge in [0.2, 0.25) is 0 Å². The minimum atomic E-state index is -0.651. The molecule has 6 rings (SSSR count). The maximum atomic E-state index is 11.8. The van der Waals surface area contributed by atoms with Crippen LogP contribution in [0.25, 0.3) is 0 Å². The van der Waals surface area contributed by atoms with E-state index >= 15 is 0 Å². The molecule has 1 saturated heterocycles. The van der Waals surface area contributed by atoms with Crippen LogP contribution in [-0.2, 0) is 19.3 Å². The van der Waals surface area contributed by atoms with Gasteiger partial charge in [-0.05, 0) is 38.7 Å². The van der Waals surface area contributed by atoms with Crippen LogP contribution >= 0.6 is 0 Å². The first-order chi connectivity index (χ1) is 21.8. The minimum absolute atomic E-state index is 0.0127. The molecule has 3 aromatic rings. The number of fused-ring (bicyclic) bond motifs is 7. The van der Waals surface area contributed by atoms with Crippen molar-refractivity contribution >= 4 is 0 Å². The third-order valence-electron chi connectivity index (χ3n) is 10.0. The molecule has 3 aliphatic heterocycles. The van der Waals surface area contributed by atoms with Crippen LogP contribution in [0.15, 0.2) is 30.3 Å². The van der Waals surface area contributed by atoms with Crippen molar-refractivity contribution in [2.24, 2.45) is 0 Å². The number of rotatable bonds is 7. The normalized spacial score (nSPS) is 23.5. The molecule has 3 heterocycles. The van der Waals surface area contributed by atoms with Crippen LogP contribution in [0.2, 0.25) is 0 Å². The zero-order valence-electron chi connectivity index (χ0n) is 26.4. The second-order valence-electron chi connectivity index (χ2n) is 11.9. The molecule has 1 fully saturated rings. The largest absolute Gasteiger partial charge is 0.504 e. The van der Waals surface area contributed by atoms with E-state index in [0.29, 0.717) is 64.5 Å². The van der Waals surface area contributed by atoms with Gasteiger partial charge in [0, 0.05) is 51.5 Å². The smallest absolute Gasteiger partial charge is 0.167 e. The third-order valence-corrected chi connectivity index (χ3v) is 10.0. The molecule has 0 spiro atoms. The van der Waals surface area contributed by atoms with Crippen molar-refractivity contribution in [3.05, 3.63) is 69.3 Å². The lowest BCUT2D eigenvalue weighted by Gasteiger charge is -2.60. The molecular weight excluding hydrogens is 572 g/mol. The van der Waals surface area contributed by atoms with Gasteiger partial charge >= 0.3 is 0 Å². The van der Waals surface area contributed by atoms with Gasteiger partial charge < -0.3 is 29.2 Å². The highest BCUT2D eigenvalue weighted by Gasteiger charge is 2.58. The summed E-state index contributed by atoms with van der Waals surface area (Å²) in [7, 11) is 6.25. The van der Waals surface area contributed by atoms with Gasteiger partial charge in [-0.1, -0.05) is 30.3 Å². The molecule has 0 aliphatic carbocycles. The predicted molar refractivity (Wildman–Crippen MR) is 166 cm³/mol. The highest BCUT2D eigenvalue weighted by Crippen LogP contribution is 2.59. The molecule has 0 radical (unpaired) electrons. The van der Waals surface area contributed by atoms with Gasteiger partial charge in [-0.2, -0.15) is 10.5 Å². The first-order valence-electron chi connectivity index (χ1n) is 15.0. The Labute approximate surface area is 263 Å². The molecule has 2 N–H and O–H groups in total. The van der Waals surface area contributed by atoms with E-state index in [2.05, 4.69) is 21.9 Å². The molecule has 0 unspecified atom stereocenters. The number of phenols is 2. The lowest BCUT2D eigenvalue weighted by atomic mass is 9.70. The minimum Gasteiger partial charge on any atom is -0.504 e. The summed E-state index contributed by atoms with van der Waals surface area (Å²) in [5, 5.41) is 44.6. The van der Waals surface area contributed by atoms with Crippen LogP contribution in [0.4, 0.5) is 0 Å². The fourth-order valence-corrected chi connectivity index (χ4v) is 8.39. The van der Waals surface area contributed by atoms with E-state index < -0.39 is 18.1 Å². The number of piperazine rings is 1. The van der Waals surface area contributed by atoms with E-state index in [-0.39, 0.29) is 30.1 Å². The highest BCUT2D eigenvalue weighted by atomic mass is 16.5. The fraction of sp³-hybridized carbons (Fsp3) is 0.429. The molecular formula is C35H38N4O6. The van der Waals surface area contributed by atoms with Crippen LogP contribution in [-0.4, -0.2) is 73.1 Å². The Kier molecular flexibility index (Phi) is 7.90. The topological polar surface area (TPSA) is 131 Å². The molecule has 0 saturated carbocycles. The van der Waals surface area contributed by atoms with Crippen molar-refractivity contribution in [2.45, 2.75) is 63.3 Å². The molecule has 5 atom stereocenters. The van der Waals surface area contributed by atoms with E-state index in [4.69, 9.17) is 18.9 Å². The molecule has 234 valence electrons. The maximum absolute atomic E-state index is 11.8. The first kappa shape index (κ1) is 30.4. The summed E-state index contributed by atoms with van der Waals surface area (Å²) in [6, 6.07) is 12.6. The van der Waals surface area contributed by atoms with Crippen molar-refractivity contribution in [2.75, 3.05) is 35.0 Å². The van der Waals surface area contributed by atoms with E-state index in [1.807, 2.05) is 44.2 Å². The summed E-state index contributed by atoms with van der Waals surface area (Å²) in [5.41, 5.74) is 5.35. The Morgan fingerprint density at radius 1 is 0.778 bits per heavy atom. The van der Waals surface area contributed by atoms with Crippen LogP contribution in [0, 0.1) is 36.5 Å². The summed E-state index contributed by atoms with van der Waals surface area (Å²) in [6.07, 6.45) is 1.27. The number of hydrogen-bond acceptors (Lipinski definition) is 10. The Balaban J connectivity index is 1.68. The first-order valence-corrected chi connectivity index (χ1v) is 15.0. The molecule has 10 nitrogen and oxygen atoms in total. The Morgan fingerprint density at radius 2 is 1.31 bits per heavy atom. The SMILES string of the molecule is COc1c(C)c(OC)c2c(c1O)[C@@H]1[C@@H]3Cc4c(OC)c(C)c(OC)c(O)c4[C@H](Cc4ccccc4)N3[C@@H](C#N)[C@H](C2)N1CC#N. The summed E-state index contributed by atoms with van der Waals surface area (Å²) in [4.78, 5) is 4.26. The van der Waals surface area contributed by atoms with Crippen LogP contribution in [0.1, 0.15) is 51.0 Å². The monoisotopic (exact) mass is 610 g/mol. The zero-order valence-corrected chi connectivity index (χ0v) is 26.4. The van der Waals surface area contributed by atoms with Crippen molar-refractivity contribution in [1.82, 2.24) is 9.80 Å². The quantitative estimate of drug-likeness (QED) is 0.364. The molecule has 3 aromatic carbocycles. The zero-order chi connectivity index (χ0) is 32.2. The third kappa shape index (κ3) is 4.35. The number of nitriles is 2. The number of methoxy groups -OCH3 is 4. The number of nitrogens with zero attached hydrogens (tertiary/aromatic N) is 4. The second kappa shape index (κ2) is 11.7. The van der Waals surface area contributed by atoms with Gasteiger partial charge in [0.25, 0.3) is 0 Å². The molecule has 2 bridgehead atoms. The van der Waals surface area contributed by atoms with Crippen molar-refractivity contribution in [3.63, 3.8) is 0 Å². The van der Waals surface area contributed by atoms with Gasteiger partial charge in [-0.15, -0.1) is 0 Å². The number of ether oxygens (including phenoxy) is 4. The molecule has 3 aliphatic rings. The van der Waals surface area contributed by atoms with Crippen LogP contribution in [0.3, 0.4) is 0 Å². The van der Waals surface area contributed by atoms with Crippen LogP contribution < -0.4 is 18.9 Å². The van der Waals surface area contributed by atoms with Gasteiger partial charge in [0.1, 0.15) is 17.5 Å². The van der Waals surface area contributed by atoms with Gasteiger partial charge in [0.15, 0.2) is 23.0 Å². The maximum Gasteiger partial charge on any atom is 0.167 e. The van der Waals surface area contributed by atoms with Crippen molar-refractivity contribution < 1.29 is 29.2 Å². The van der Waals surface area contributed by atoms with E-state index in [0.717, 1.165) is 16.7 Å². The summed E-state index contributed by atoms with van der Waals surface area (Å²) >= 11 is 0. The number of benzene rings is 3. The Hall–Kier alpha value is -4.64. The average Bonchev–Trinajstić information content (AvgIpc) is 3.03. The molecule has 0 aromatic heterocycles. The highest BCUT2D eigenvalue weighted by molar-refractivity contribution is 5.67. The lowest BCUT2D eigenvalue weighted by Crippen LogP contribution is -2.69. The number of hydrogen-bond donors (Lipinski definition) is 2. The summed E-state index contributed by atoms with van der Waals surface area (Å²) in [6.45, 7) is 3.77.